The zero-order valence-corrected chi connectivity index (χ0v) is 66.9. The molecule has 6 aromatic heterocycles. The number of carboxylic acids is 2. The Morgan fingerprint density at radius 1 is 0.481 bits per heavy atom. The Kier molecular flexibility index (Phi) is 34.5. The van der Waals surface area contributed by atoms with Crippen molar-refractivity contribution in [3.8, 4) is 64.7 Å². The van der Waals surface area contributed by atoms with Gasteiger partial charge < -0.3 is 40.3 Å². The number of carbonyl (C=O) groups is 6. The average molecular weight is 1580 g/mol. The van der Waals surface area contributed by atoms with Crippen LogP contribution in [-0.4, -0.2) is 129 Å². The predicted octanol–water partition coefficient (Wildman–Crippen LogP) is 18.0. The number of pyridine rings is 3. The fourth-order valence-electron chi connectivity index (χ4n) is 12.1. The Labute approximate surface area is 675 Å². The molecule has 3 aliphatic rings. The number of rotatable bonds is 14. The van der Waals surface area contributed by atoms with Crippen LogP contribution >= 0.6 is 68.8 Å². The molecule has 12 rings (SSSR count). The van der Waals surface area contributed by atoms with Crippen LogP contribution in [-0.2, 0) is 40.1 Å². The number of likely N-dealkylation sites (tertiary alicyclic amines) is 2. The zero-order valence-electron chi connectivity index (χ0n) is 62.2. The monoisotopic (exact) mass is 1580 g/mol. The van der Waals surface area contributed by atoms with Crippen molar-refractivity contribution >= 4 is 105 Å². The number of piperidine rings is 3. The number of aliphatic carboxylic acids is 1. The van der Waals surface area contributed by atoms with Crippen LogP contribution in [0.2, 0.25) is 15.1 Å². The molecule has 9 aromatic rings. The van der Waals surface area contributed by atoms with Crippen LogP contribution < -0.4 is 24.2 Å². The van der Waals surface area contributed by atoms with Crippen LogP contribution in [0.5, 0.6) is 0 Å². The number of benzene rings is 3. The van der Waals surface area contributed by atoms with Gasteiger partial charge in [-0.05, 0) is 199 Å². The van der Waals surface area contributed by atoms with Crippen molar-refractivity contribution in [3.63, 3.8) is 0 Å². The number of aromatic nitrogens is 3. The van der Waals surface area contributed by atoms with E-state index in [9.17, 15) is 33.9 Å². The van der Waals surface area contributed by atoms with Gasteiger partial charge in [0.15, 0.2) is 0 Å². The molecular formula is C84H100Cl3LiN6O11S3. The first-order valence-corrected chi connectivity index (χ1v) is 38.8. The van der Waals surface area contributed by atoms with Gasteiger partial charge in [0.2, 0.25) is 0 Å². The first-order valence-electron chi connectivity index (χ1n) is 35.0. The van der Waals surface area contributed by atoms with Crippen LogP contribution in [0.1, 0.15) is 178 Å². The zero-order chi connectivity index (χ0) is 75.2. The number of hydrogen-bond acceptors (Lipinski definition) is 16. The van der Waals surface area contributed by atoms with E-state index in [1.807, 2.05) is 61.9 Å². The molecule has 0 unspecified atom stereocenters. The van der Waals surface area contributed by atoms with Crippen LogP contribution in [0.15, 0.2) is 144 Å². The van der Waals surface area contributed by atoms with Gasteiger partial charge in [-0.3, -0.25) is 38.9 Å². The van der Waals surface area contributed by atoms with Crippen LogP contribution in [0.4, 0.5) is 0 Å². The van der Waals surface area contributed by atoms with Gasteiger partial charge >= 0.3 is 42.7 Å². The molecule has 3 atom stereocenters. The van der Waals surface area contributed by atoms with E-state index in [1.54, 1.807) is 81.1 Å². The van der Waals surface area contributed by atoms with E-state index in [0.717, 1.165) is 121 Å². The maximum Gasteiger partial charge on any atom is 1.00 e. The third-order valence-electron chi connectivity index (χ3n) is 18.1. The summed E-state index contributed by atoms with van der Waals surface area (Å²) in [5.74, 6) is -3.05. The van der Waals surface area contributed by atoms with Gasteiger partial charge in [0.1, 0.15) is 0 Å². The van der Waals surface area contributed by atoms with E-state index in [0.29, 0.717) is 71.9 Å². The minimum Gasteiger partial charge on any atom is -0.870 e. The van der Waals surface area contributed by atoms with Crippen LogP contribution in [0.3, 0.4) is 0 Å². The quantitative estimate of drug-likeness (QED) is 0.0676. The van der Waals surface area contributed by atoms with Crippen molar-refractivity contribution < 1.29 is 72.8 Å². The fraction of sp³-hybridized carbons (Fsp3) is 0.393. The summed E-state index contributed by atoms with van der Waals surface area (Å²) in [6.07, 6.45) is 10.4. The molecular weight excluding hydrogens is 1480 g/mol. The van der Waals surface area contributed by atoms with Gasteiger partial charge in [-0.1, -0.05) is 130 Å². The molecule has 9 heterocycles. The van der Waals surface area contributed by atoms with Crippen molar-refractivity contribution in [2.45, 2.75) is 146 Å². The summed E-state index contributed by atoms with van der Waals surface area (Å²) in [5, 5.41) is 29.3. The molecule has 3 aliphatic heterocycles. The van der Waals surface area contributed by atoms with E-state index in [1.165, 1.54) is 6.07 Å². The van der Waals surface area contributed by atoms with Crippen molar-refractivity contribution in [1.29, 1.82) is 0 Å². The summed E-state index contributed by atoms with van der Waals surface area (Å²) in [6.45, 7) is 27.5. The van der Waals surface area contributed by atoms with Crippen LogP contribution in [0.25, 0.3) is 64.7 Å². The topological polar surface area (TPSA) is 249 Å². The molecule has 17 nitrogen and oxygen atoms in total. The standard InChI is InChI=1S/C28H31ClN2O3S.C26H27ClN2O3S.C20H18ClNO2S.C8H15NO2.2CH4.Li.H2O/c1-5-34-27(33)20-7-6-12-31(16-20)26(32)19-8-9-22(23(29)13-19)24-14-21(17-35-24)18-10-11-30-25(15-18)28(2,3)4;1-26(2,3)23-13-16(8-9-28-23)19-12-22(33-15-19)20-7-6-17(11-21(20)27)24(30)29-10-4-5-18(14-29)25(31)32;1-20(2,3)18-10-12(6-7-22-18)14-9-17(25-11-14)15-5-4-13(19(23)24)8-16(15)21;1-2-11-8(10)7-4-3-5-9-6-7;;;;/h8-11,13-15,17,20H,5-7,12,16H2,1-4H3;6-9,11-13,15,18H,4-5,10,14H2,1-3H3,(H,31,32);4-11H,1-3H3,(H,23,24);7,9H,2-6H2,1H3;2*1H4;;1H2/q;;;;;;+1;/p-1/t20-;18-;;7-;;;;/m11.1..../s1. The third kappa shape index (κ3) is 24.2. The molecule has 24 heteroatoms. The van der Waals surface area contributed by atoms with Crippen molar-refractivity contribution in [3.05, 3.63) is 193 Å². The minimum absolute atomic E-state index is 0. The number of hydrogen-bond donors (Lipinski definition) is 3. The fourth-order valence-corrected chi connectivity index (χ4v) is 16.0. The number of halogens is 3. The molecule has 108 heavy (non-hydrogen) atoms. The van der Waals surface area contributed by atoms with Crippen molar-refractivity contribution in [2.75, 3.05) is 52.5 Å². The van der Waals surface area contributed by atoms with E-state index < -0.39 is 17.9 Å². The average Bonchev–Trinajstić information content (AvgIpc) is 1.51. The molecule has 0 spiro atoms. The summed E-state index contributed by atoms with van der Waals surface area (Å²) in [6, 6.07) is 34.3. The second kappa shape index (κ2) is 40.9. The molecule has 3 aromatic carbocycles. The largest absolute Gasteiger partial charge is 1.00 e. The summed E-state index contributed by atoms with van der Waals surface area (Å²) in [4.78, 5) is 91.6. The molecule has 4 N–H and O–H groups in total. The van der Waals surface area contributed by atoms with Crippen molar-refractivity contribution in [2.24, 2.45) is 17.8 Å². The number of carboxylic acid groups (broad SMARTS) is 2. The third-order valence-corrected chi connectivity index (χ3v) is 22.0. The predicted molar refractivity (Wildman–Crippen MR) is 436 cm³/mol. The number of ether oxygens (including phenoxy) is 2. The maximum absolute atomic E-state index is 13.1. The van der Waals surface area contributed by atoms with E-state index >= 15 is 0 Å². The summed E-state index contributed by atoms with van der Waals surface area (Å²) < 4.78 is 10.1. The van der Waals surface area contributed by atoms with E-state index in [-0.39, 0.29) is 103 Å². The van der Waals surface area contributed by atoms with Gasteiger partial charge in [0, 0.05) is 127 Å². The summed E-state index contributed by atoms with van der Waals surface area (Å²) in [5.41, 5.74) is 13.5. The number of nitrogens with one attached hydrogen (secondary N) is 1. The number of aromatic carboxylic acids is 1. The number of thiophene rings is 3. The van der Waals surface area contributed by atoms with Crippen LogP contribution in [0, 0.1) is 17.8 Å². The SMILES string of the molecule is C.C.CC(C)(C)c1cc(-c2csc(-c3ccc(C(=O)N4CCC[C@@H](C(=O)O)C4)cc3Cl)c2)ccn1.CC(C)(C)c1cc(-c2csc(-c3ccc(C(=O)O)cc3Cl)c2)ccn1.CCOC(=O)[C@@H]1CCCN(C(=O)c2ccc(-c3cc(-c4ccnc(C(C)(C)C)c4)cs3)c(Cl)c2)C1.CCOC(=O)[C@@H]1CCCNC1.[Li+].[OH-]. The summed E-state index contributed by atoms with van der Waals surface area (Å²) >= 11 is 24.4. The number of nitrogens with zero attached hydrogens (tertiary/aromatic N) is 5. The maximum atomic E-state index is 13.1. The van der Waals surface area contributed by atoms with Gasteiger partial charge in [-0.15, -0.1) is 34.0 Å². The second-order valence-corrected chi connectivity index (χ2v) is 33.0. The Bertz CT molecular complexity index is 4530. The van der Waals surface area contributed by atoms with Crippen molar-refractivity contribution in [1.82, 2.24) is 30.1 Å². The molecule has 0 radical (unpaired) electrons. The second-order valence-electron chi connectivity index (χ2n) is 29.1. The Balaban J connectivity index is 0.000000269. The molecule has 3 saturated heterocycles. The molecule has 0 aliphatic carbocycles. The van der Waals surface area contributed by atoms with E-state index in [2.05, 4.69) is 135 Å². The smallest absolute Gasteiger partial charge is 0.870 e. The molecule has 0 saturated carbocycles. The Morgan fingerprint density at radius 3 is 1.16 bits per heavy atom. The molecule has 3 fully saturated rings. The van der Waals surface area contributed by atoms with Gasteiger partial charge in [0.25, 0.3) is 11.8 Å². The Morgan fingerprint density at radius 2 is 0.824 bits per heavy atom. The Hall–Kier alpha value is -7.58. The number of carbonyl (C=O) groups excluding carboxylic acids is 4. The van der Waals surface area contributed by atoms with E-state index in [4.69, 9.17) is 49.4 Å². The number of esters is 2. The normalized spacial score (nSPS) is 15.5. The summed E-state index contributed by atoms with van der Waals surface area (Å²) in [7, 11) is 0. The van der Waals surface area contributed by atoms with Gasteiger partial charge in [0.05, 0.1) is 51.6 Å². The van der Waals surface area contributed by atoms with Gasteiger partial charge in [-0.2, -0.15) is 0 Å². The minimum atomic E-state index is -0.980. The first kappa shape index (κ1) is 91.0. The molecule has 0 bridgehead atoms. The molecule has 2 amide bonds. The number of amides is 2. The van der Waals surface area contributed by atoms with Gasteiger partial charge in [-0.25, -0.2) is 4.79 Å². The molecule has 572 valence electrons. The first-order chi connectivity index (χ1) is 49.4.